The van der Waals surface area contributed by atoms with Crippen molar-refractivity contribution in [2.24, 2.45) is 0 Å². The third-order valence-corrected chi connectivity index (χ3v) is 4.38. The molecule has 2 N–H and O–H groups in total. The van der Waals surface area contributed by atoms with Crippen LogP contribution in [0.3, 0.4) is 0 Å². The van der Waals surface area contributed by atoms with E-state index in [9.17, 15) is 8.42 Å². The highest BCUT2D eigenvalue weighted by Crippen LogP contribution is 2.20. The molecule has 8 heteroatoms. The van der Waals surface area contributed by atoms with Crippen molar-refractivity contribution in [3.05, 3.63) is 34.2 Å². The van der Waals surface area contributed by atoms with Crippen LogP contribution in [-0.2, 0) is 10.0 Å². The molecule has 2 heterocycles. The number of pyridine rings is 1. The lowest BCUT2D eigenvalue weighted by Gasteiger charge is -2.07. The number of nitrogens with one attached hydrogen (secondary N) is 2. The van der Waals surface area contributed by atoms with Crippen LogP contribution in [0.4, 0.5) is 5.82 Å². The van der Waals surface area contributed by atoms with E-state index >= 15 is 0 Å². The summed E-state index contributed by atoms with van der Waals surface area (Å²) in [7, 11) is -3.67. The number of anilines is 1. The van der Waals surface area contributed by atoms with Gasteiger partial charge < -0.3 is 0 Å². The van der Waals surface area contributed by atoms with Crippen molar-refractivity contribution >= 4 is 31.8 Å². The molecule has 0 atom stereocenters. The molecular formula is C10H11BrN4O2S. The molecule has 0 aliphatic carbocycles. The second kappa shape index (κ2) is 4.69. The van der Waals surface area contributed by atoms with E-state index in [1.165, 1.54) is 6.20 Å². The molecule has 2 aromatic rings. The fraction of sp³-hybridized carbons (Fsp3) is 0.200. The van der Waals surface area contributed by atoms with Gasteiger partial charge in [0.15, 0.2) is 0 Å². The monoisotopic (exact) mass is 330 g/mol. The zero-order chi connectivity index (χ0) is 13.3. The van der Waals surface area contributed by atoms with Crippen LogP contribution in [0.25, 0.3) is 0 Å². The maximum atomic E-state index is 12.2. The van der Waals surface area contributed by atoms with E-state index in [-0.39, 0.29) is 10.7 Å². The molecule has 0 aliphatic rings. The fourth-order valence-electron chi connectivity index (χ4n) is 1.56. The molecule has 0 fully saturated rings. The van der Waals surface area contributed by atoms with E-state index in [0.29, 0.717) is 11.4 Å². The Bertz CT molecular complexity index is 644. The largest absolute Gasteiger partial charge is 0.281 e. The minimum atomic E-state index is -3.67. The molecule has 2 rings (SSSR count). The number of hydrogen-bond acceptors (Lipinski definition) is 4. The molecule has 6 nitrogen and oxygen atoms in total. The summed E-state index contributed by atoms with van der Waals surface area (Å²) in [5.41, 5.74) is 0.925. The van der Waals surface area contributed by atoms with Crippen molar-refractivity contribution in [3.63, 3.8) is 0 Å². The normalized spacial score (nSPS) is 11.5. The number of hydrogen-bond donors (Lipinski definition) is 2. The zero-order valence-corrected chi connectivity index (χ0v) is 12.1. The second-order valence-corrected chi connectivity index (χ2v) is 6.27. The molecule has 18 heavy (non-hydrogen) atoms. The van der Waals surface area contributed by atoms with Crippen LogP contribution in [0.1, 0.15) is 11.4 Å². The minimum absolute atomic E-state index is 0.159. The average molecular weight is 331 g/mol. The standard InChI is InChI=1S/C10H11BrN4O2S/c1-6-10(7(2)14-13-6)18(16,17)15-9-4-3-8(11)5-12-9/h3-5H,1-2H3,(H,12,15)(H,13,14). The summed E-state index contributed by atoms with van der Waals surface area (Å²) >= 11 is 3.23. The highest BCUT2D eigenvalue weighted by molar-refractivity contribution is 9.10. The number of sulfonamides is 1. The van der Waals surface area contributed by atoms with Crippen molar-refractivity contribution in [3.8, 4) is 0 Å². The summed E-state index contributed by atoms with van der Waals surface area (Å²) in [6.45, 7) is 3.29. The Balaban J connectivity index is 2.36. The number of aromatic nitrogens is 3. The molecule has 0 saturated heterocycles. The molecule has 0 saturated carbocycles. The van der Waals surface area contributed by atoms with Gasteiger partial charge in [-0.25, -0.2) is 13.4 Å². The Morgan fingerprint density at radius 1 is 1.33 bits per heavy atom. The Morgan fingerprint density at radius 2 is 2.06 bits per heavy atom. The van der Waals surface area contributed by atoms with Crippen LogP contribution in [0.15, 0.2) is 27.7 Å². The molecule has 0 radical (unpaired) electrons. The maximum absolute atomic E-state index is 12.2. The first-order chi connectivity index (χ1) is 8.40. The third kappa shape index (κ3) is 2.54. The van der Waals surface area contributed by atoms with Gasteiger partial charge in [-0.05, 0) is 41.9 Å². The van der Waals surface area contributed by atoms with Crippen molar-refractivity contribution in [2.45, 2.75) is 18.7 Å². The average Bonchev–Trinajstić information content (AvgIpc) is 2.62. The van der Waals surface area contributed by atoms with E-state index < -0.39 is 10.0 Å². The quantitative estimate of drug-likeness (QED) is 0.900. The minimum Gasteiger partial charge on any atom is -0.281 e. The zero-order valence-electron chi connectivity index (χ0n) is 9.73. The number of nitrogens with zero attached hydrogens (tertiary/aromatic N) is 2. The van der Waals surface area contributed by atoms with E-state index in [2.05, 4.69) is 35.8 Å². The highest BCUT2D eigenvalue weighted by Gasteiger charge is 2.22. The van der Waals surface area contributed by atoms with Gasteiger partial charge in [0.05, 0.1) is 11.4 Å². The van der Waals surface area contributed by atoms with Crippen molar-refractivity contribution < 1.29 is 8.42 Å². The van der Waals surface area contributed by atoms with E-state index in [4.69, 9.17) is 0 Å². The summed E-state index contributed by atoms with van der Waals surface area (Å²) < 4.78 is 27.5. The third-order valence-electron chi connectivity index (χ3n) is 2.30. The van der Waals surface area contributed by atoms with E-state index in [1.54, 1.807) is 26.0 Å². The summed E-state index contributed by atoms with van der Waals surface area (Å²) in [5, 5.41) is 6.51. The van der Waals surface area contributed by atoms with Crippen LogP contribution in [-0.4, -0.2) is 23.6 Å². The Labute approximate surface area is 113 Å². The van der Waals surface area contributed by atoms with Crippen molar-refractivity contribution in [1.29, 1.82) is 0 Å². The van der Waals surface area contributed by atoms with Gasteiger partial charge in [-0.1, -0.05) is 0 Å². The van der Waals surface area contributed by atoms with Crippen LogP contribution in [0.5, 0.6) is 0 Å². The summed E-state index contributed by atoms with van der Waals surface area (Å²) in [6, 6.07) is 3.28. The number of aromatic amines is 1. The lowest BCUT2D eigenvalue weighted by molar-refractivity contribution is 0.600. The Hall–Kier alpha value is -1.41. The molecule has 2 aromatic heterocycles. The van der Waals surface area contributed by atoms with Gasteiger partial charge in [-0.2, -0.15) is 5.10 Å². The molecule has 0 bridgehead atoms. The van der Waals surface area contributed by atoms with Gasteiger partial charge in [0.1, 0.15) is 10.7 Å². The van der Waals surface area contributed by atoms with Gasteiger partial charge in [0.25, 0.3) is 10.0 Å². The van der Waals surface area contributed by atoms with Gasteiger partial charge in [-0.3, -0.25) is 9.82 Å². The SMILES string of the molecule is Cc1n[nH]c(C)c1S(=O)(=O)Nc1ccc(Br)cn1. The predicted octanol–water partition coefficient (Wildman–Crippen LogP) is 1.98. The van der Waals surface area contributed by atoms with Gasteiger partial charge >= 0.3 is 0 Å². The summed E-state index contributed by atoms with van der Waals surface area (Å²) in [6.07, 6.45) is 1.52. The molecule has 0 aromatic carbocycles. The van der Waals surface area contributed by atoms with Crippen LogP contribution in [0, 0.1) is 13.8 Å². The van der Waals surface area contributed by atoms with Gasteiger partial charge in [0.2, 0.25) is 0 Å². The molecule has 0 spiro atoms. The summed E-state index contributed by atoms with van der Waals surface area (Å²) in [4.78, 5) is 4.12. The highest BCUT2D eigenvalue weighted by atomic mass is 79.9. The molecule has 0 amide bonds. The van der Waals surface area contributed by atoms with Gasteiger partial charge in [0, 0.05) is 10.7 Å². The maximum Gasteiger partial charge on any atom is 0.266 e. The first kappa shape index (κ1) is 13.0. The lowest BCUT2D eigenvalue weighted by Crippen LogP contribution is -2.15. The number of rotatable bonds is 3. The van der Waals surface area contributed by atoms with Crippen molar-refractivity contribution in [2.75, 3.05) is 4.72 Å². The van der Waals surface area contributed by atoms with E-state index in [1.807, 2.05) is 0 Å². The topological polar surface area (TPSA) is 87.7 Å². The smallest absolute Gasteiger partial charge is 0.266 e. The number of halogens is 1. The van der Waals surface area contributed by atoms with Gasteiger partial charge in [-0.15, -0.1) is 0 Å². The summed E-state index contributed by atoms with van der Waals surface area (Å²) in [5.74, 6) is 0.262. The predicted molar refractivity (Wildman–Crippen MR) is 70.8 cm³/mol. The Kier molecular flexibility index (Phi) is 3.40. The van der Waals surface area contributed by atoms with Crippen LogP contribution < -0.4 is 4.72 Å². The molecule has 96 valence electrons. The number of H-pyrrole nitrogens is 1. The molecule has 0 unspecified atom stereocenters. The second-order valence-electron chi connectivity index (χ2n) is 3.73. The van der Waals surface area contributed by atoms with Crippen LogP contribution in [0.2, 0.25) is 0 Å². The molecular weight excluding hydrogens is 320 g/mol. The first-order valence-corrected chi connectivity index (χ1v) is 7.34. The fourth-order valence-corrected chi connectivity index (χ4v) is 3.18. The first-order valence-electron chi connectivity index (χ1n) is 5.06. The molecule has 0 aliphatic heterocycles. The number of aryl methyl sites for hydroxylation is 2. The van der Waals surface area contributed by atoms with Crippen molar-refractivity contribution in [1.82, 2.24) is 15.2 Å². The Morgan fingerprint density at radius 3 is 2.56 bits per heavy atom. The van der Waals surface area contributed by atoms with E-state index in [0.717, 1.165) is 4.47 Å². The lowest BCUT2D eigenvalue weighted by atomic mass is 10.4. The van der Waals surface area contributed by atoms with Crippen LogP contribution >= 0.6 is 15.9 Å².